The summed E-state index contributed by atoms with van der Waals surface area (Å²) in [6.07, 6.45) is 0.888. The predicted octanol–water partition coefficient (Wildman–Crippen LogP) is 2.26. The molecule has 0 aliphatic heterocycles. The van der Waals surface area contributed by atoms with Crippen molar-refractivity contribution in [2.45, 2.75) is 32.4 Å². The molecule has 18 heavy (non-hydrogen) atoms. The van der Waals surface area contributed by atoms with Crippen molar-refractivity contribution in [1.29, 1.82) is 5.26 Å². The number of hydrogen-bond acceptors (Lipinski definition) is 3. The van der Waals surface area contributed by atoms with E-state index < -0.39 is 5.41 Å². The maximum absolute atomic E-state index is 11.6. The molecule has 0 spiro atoms. The van der Waals surface area contributed by atoms with E-state index in [2.05, 4.69) is 12.9 Å². The third kappa shape index (κ3) is 3.13. The molecule has 0 unspecified atom stereocenters. The third-order valence-electron chi connectivity index (χ3n) is 2.95. The van der Waals surface area contributed by atoms with Gasteiger partial charge in [0.05, 0.1) is 24.2 Å². The van der Waals surface area contributed by atoms with Crippen LogP contribution >= 0.6 is 0 Å². The summed E-state index contributed by atoms with van der Waals surface area (Å²) < 4.78 is 4.75. The molecule has 0 heterocycles. The number of nitriles is 1. The Kier molecular flexibility index (Phi) is 4.55. The van der Waals surface area contributed by atoms with Gasteiger partial charge < -0.3 is 4.74 Å². The van der Waals surface area contributed by atoms with Crippen LogP contribution in [0.4, 0.5) is 0 Å². The van der Waals surface area contributed by atoms with Crippen molar-refractivity contribution in [2.24, 2.45) is 0 Å². The molecule has 94 valence electrons. The summed E-state index contributed by atoms with van der Waals surface area (Å²) in [5, 5.41) is 9.19. The average Bonchev–Trinajstić information content (AvgIpc) is 2.37. The van der Waals surface area contributed by atoms with Crippen LogP contribution in [0.2, 0.25) is 6.82 Å². The maximum atomic E-state index is 11.6. The van der Waals surface area contributed by atoms with Crippen LogP contribution in [0.25, 0.3) is 0 Å². The molecule has 0 fully saturated rings. The zero-order chi connectivity index (χ0) is 13.8. The van der Waals surface area contributed by atoms with Gasteiger partial charge in [-0.15, -0.1) is 0 Å². The first kappa shape index (κ1) is 14.3. The molecule has 0 aromatic heterocycles. The quantitative estimate of drug-likeness (QED) is 0.602. The summed E-state index contributed by atoms with van der Waals surface area (Å²) in [6, 6.07) is 7.84. The Hall–Kier alpha value is -1.76. The van der Waals surface area contributed by atoms with E-state index in [9.17, 15) is 10.1 Å². The minimum atomic E-state index is -0.605. The van der Waals surface area contributed by atoms with Gasteiger partial charge in [-0.2, -0.15) is 5.26 Å². The fourth-order valence-electron chi connectivity index (χ4n) is 1.79. The topological polar surface area (TPSA) is 50.1 Å². The fourth-order valence-corrected chi connectivity index (χ4v) is 1.79. The van der Waals surface area contributed by atoms with Gasteiger partial charge >= 0.3 is 5.97 Å². The summed E-state index contributed by atoms with van der Waals surface area (Å²) in [5.41, 5.74) is 1.84. The lowest BCUT2D eigenvalue weighted by Gasteiger charge is -2.18. The average molecular weight is 243 g/mol. The first-order valence-electron chi connectivity index (χ1n) is 6.08. The molecule has 0 amide bonds. The molecular formula is C14H18BNO2. The number of esters is 1. The molecule has 1 rings (SSSR count). The number of nitrogens with zero attached hydrogens (tertiary/aromatic N) is 1. The Morgan fingerprint density at radius 3 is 2.61 bits per heavy atom. The van der Waals surface area contributed by atoms with Gasteiger partial charge in [0.2, 0.25) is 0 Å². The molecule has 4 heteroatoms. The van der Waals surface area contributed by atoms with E-state index in [1.807, 2.05) is 26.0 Å². The monoisotopic (exact) mass is 243 g/mol. The highest BCUT2D eigenvalue weighted by Gasteiger charge is 2.22. The molecule has 0 radical (unpaired) electrons. The van der Waals surface area contributed by atoms with Gasteiger partial charge in [-0.05, 0) is 31.5 Å². The van der Waals surface area contributed by atoms with E-state index in [4.69, 9.17) is 4.74 Å². The lowest BCUT2D eigenvalue weighted by Crippen LogP contribution is -2.16. The SMILES string of the molecule is CBCc1cc(C(=O)OC)cc(C(C)(C)C#N)c1. The number of rotatable bonds is 4. The molecule has 0 atom stereocenters. The first-order chi connectivity index (χ1) is 8.44. The molecular weight excluding hydrogens is 225 g/mol. The van der Waals surface area contributed by atoms with Crippen molar-refractivity contribution in [3.8, 4) is 6.07 Å². The fraction of sp³-hybridized carbons (Fsp3) is 0.429. The Labute approximate surface area is 109 Å². The molecule has 0 saturated heterocycles. The van der Waals surface area contributed by atoms with E-state index in [0.717, 1.165) is 24.7 Å². The number of carbonyl (C=O) groups is 1. The summed E-state index contributed by atoms with van der Waals surface area (Å²) in [4.78, 5) is 11.6. The smallest absolute Gasteiger partial charge is 0.337 e. The molecule has 1 aromatic rings. The second-order valence-electron chi connectivity index (χ2n) is 4.90. The standard InChI is InChI=1S/C14H18BNO2/c1-14(2,9-16)12-6-10(8-15-3)5-11(7-12)13(17)18-4/h5-7,15H,8H2,1-4H3. The van der Waals surface area contributed by atoms with Gasteiger partial charge in [-0.3, -0.25) is 0 Å². The lowest BCUT2D eigenvalue weighted by molar-refractivity contribution is 0.0600. The number of benzene rings is 1. The van der Waals surface area contributed by atoms with Crippen molar-refractivity contribution < 1.29 is 9.53 Å². The zero-order valence-electron chi connectivity index (χ0n) is 11.4. The third-order valence-corrected chi connectivity index (χ3v) is 2.95. The van der Waals surface area contributed by atoms with Crippen molar-refractivity contribution in [2.75, 3.05) is 7.11 Å². The molecule has 0 saturated carbocycles. The lowest BCUT2D eigenvalue weighted by atomic mass is 9.73. The van der Waals surface area contributed by atoms with Crippen molar-refractivity contribution in [1.82, 2.24) is 0 Å². The minimum Gasteiger partial charge on any atom is -0.465 e. The predicted molar refractivity (Wildman–Crippen MR) is 73.1 cm³/mol. The van der Waals surface area contributed by atoms with Crippen molar-refractivity contribution >= 4 is 13.2 Å². The largest absolute Gasteiger partial charge is 0.465 e. The zero-order valence-corrected chi connectivity index (χ0v) is 11.4. The van der Waals surface area contributed by atoms with Gasteiger partial charge in [0, 0.05) is 0 Å². The molecule has 0 aliphatic carbocycles. The van der Waals surface area contributed by atoms with E-state index in [1.165, 1.54) is 7.11 Å². The van der Waals surface area contributed by atoms with Crippen molar-refractivity contribution in [3.05, 3.63) is 34.9 Å². The van der Waals surface area contributed by atoms with Crippen LogP contribution in [0.1, 0.15) is 35.3 Å². The van der Waals surface area contributed by atoms with E-state index >= 15 is 0 Å². The highest BCUT2D eigenvalue weighted by molar-refractivity contribution is 6.32. The van der Waals surface area contributed by atoms with E-state index in [0.29, 0.717) is 5.56 Å². The van der Waals surface area contributed by atoms with Gasteiger partial charge in [-0.25, -0.2) is 4.79 Å². The Balaban J connectivity index is 3.31. The second-order valence-corrected chi connectivity index (χ2v) is 4.90. The normalized spacial score (nSPS) is 10.6. The minimum absolute atomic E-state index is 0.358. The summed E-state index contributed by atoms with van der Waals surface area (Å²) in [5.74, 6) is -0.358. The van der Waals surface area contributed by atoms with Gasteiger partial charge in [-0.1, -0.05) is 24.8 Å². The van der Waals surface area contributed by atoms with Crippen LogP contribution in [0.5, 0.6) is 0 Å². The Morgan fingerprint density at radius 2 is 2.11 bits per heavy atom. The Morgan fingerprint density at radius 1 is 1.44 bits per heavy atom. The summed E-state index contributed by atoms with van der Waals surface area (Å²) in [7, 11) is 2.36. The summed E-state index contributed by atoms with van der Waals surface area (Å²) in [6.45, 7) is 5.78. The van der Waals surface area contributed by atoms with Crippen LogP contribution in [-0.4, -0.2) is 20.4 Å². The second kappa shape index (κ2) is 5.73. The molecule has 0 N–H and O–H groups in total. The Bertz CT molecular complexity index is 489. The van der Waals surface area contributed by atoms with Crippen LogP contribution in [-0.2, 0) is 16.5 Å². The number of ether oxygens (including phenoxy) is 1. The molecule has 3 nitrogen and oxygen atoms in total. The number of carbonyl (C=O) groups excluding carboxylic acids is 1. The number of hydrogen-bond donors (Lipinski definition) is 0. The van der Waals surface area contributed by atoms with Crippen LogP contribution in [0.3, 0.4) is 0 Å². The first-order valence-corrected chi connectivity index (χ1v) is 6.08. The van der Waals surface area contributed by atoms with Crippen LogP contribution in [0.15, 0.2) is 18.2 Å². The summed E-state index contributed by atoms with van der Waals surface area (Å²) >= 11 is 0. The van der Waals surface area contributed by atoms with E-state index in [1.54, 1.807) is 6.07 Å². The van der Waals surface area contributed by atoms with Gasteiger partial charge in [0.1, 0.15) is 7.28 Å². The molecule has 0 aliphatic rings. The van der Waals surface area contributed by atoms with Crippen LogP contribution < -0.4 is 0 Å². The van der Waals surface area contributed by atoms with Crippen molar-refractivity contribution in [3.63, 3.8) is 0 Å². The number of methoxy groups -OCH3 is 1. The molecule has 0 bridgehead atoms. The highest BCUT2D eigenvalue weighted by Crippen LogP contribution is 2.25. The van der Waals surface area contributed by atoms with E-state index in [-0.39, 0.29) is 5.97 Å². The van der Waals surface area contributed by atoms with Gasteiger partial charge in [0.15, 0.2) is 0 Å². The molecule has 1 aromatic carbocycles. The van der Waals surface area contributed by atoms with Gasteiger partial charge in [0.25, 0.3) is 0 Å². The highest BCUT2D eigenvalue weighted by atomic mass is 16.5. The maximum Gasteiger partial charge on any atom is 0.337 e. The van der Waals surface area contributed by atoms with Crippen LogP contribution in [0, 0.1) is 11.3 Å².